The summed E-state index contributed by atoms with van der Waals surface area (Å²) in [5.74, 6) is -1.02. The van der Waals surface area contributed by atoms with Gasteiger partial charge in [-0.1, -0.05) is 11.6 Å². The van der Waals surface area contributed by atoms with Crippen LogP contribution in [0.15, 0.2) is 6.20 Å². The third kappa shape index (κ3) is 3.26. The Bertz CT molecular complexity index is 415. The number of hydrogen-bond acceptors (Lipinski definition) is 7. The minimum atomic E-state index is -1.75. The molecule has 1 aromatic heterocycles. The van der Waals surface area contributed by atoms with E-state index in [-0.39, 0.29) is 23.3 Å². The first-order valence-electron chi connectivity index (χ1n) is 4.78. The number of anilines is 1. The van der Waals surface area contributed by atoms with Crippen LogP contribution in [0.25, 0.3) is 0 Å². The van der Waals surface area contributed by atoms with Crippen molar-refractivity contribution in [3.05, 3.63) is 16.9 Å². The van der Waals surface area contributed by atoms with Crippen molar-refractivity contribution in [2.24, 2.45) is 0 Å². The first-order chi connectivity index (χ1) is 7.97. The van der Waals surface area contributed by atoms with E-state index in [2.05, 4.69) is 14.7 Å². The molecular weight excluding hydrogens is 250 g/mol. The van der Waals surface area contributed by atoms with E-state index in [4.69, 9.17) is 17.3 Å². The van der Waals surface area contributed by atoms with E-state index in [1.165, 1.54) is 0 Å². The smallest absolute Gasteiger partial charge is 0.338 e. The van der Waals surface area contributed by atoms with Crippen LogP contribution in [0.1, 0.15) is 18.6 Å². The summed E-state index contributed by atoms with van der Waals surface area (Å²) >= 11 is 5.70. The molecule has 0 aliphatic rings. The quantitative estimate of drug-likeness (QED) is 0.501. The normalized spacial score (nSPS) is 14.1. The van der Waals surface area contributed by atoms with Crippen LogP contribution in [0.4, 0.5) is 5.95 Å². The fourth-order valence-electron chi connectivity index (χ4n) is 1.11. The summed E-state index contributed by atoms with van der Waals surface area (Å²) < 4.78 is 4.55. The molecule has 17 heavy (non-hydrogen) atoms. The maximum absolute atomic E-state index is 11.2. The van der Waals surface area contributed by atoms with Crippen LogP contribution in [0, 0.1) is 0 Å². The van der Waals surface area contributed by atoms with Gasteiger partial charge in [-0.05, 0) is 6.92 Å². The van der Waals surface area contributed by atoms with Crippen molar-refractivity contribution in [3.8, 4) is 0 Å². The highest BCUT2D eigenvalue weighted by Gasteiger charge is 2.29. The minimum Gasteiger partial charge on any atom is -0.464 e. The van der Waals surface area contributed by atoms with Crippen LogP contribution < -0.4 is 5.73 Å². The van der Waals surface area contributed by atoms with Crippen LogP contribution in [-0.4, -0.2) is 38.9 Å². The molecule has 0 aromatic carbocycles. The number of hydrogen-bond donors (Lipinski definition) is 3. The highest BCUT2D eigenvalue weighted by atomic mass is 35.5. The molecule has 7 nitrogen and oxygen atoms in total. The molecule has 0 saturated heterocycles. The van der Waals surface area contributed by atoms with E-state index < -0.39 is 18.2 Å². The Labute approximate surface area is 102 Å². The molecule has 0 aliphatic carbocycles. The Balaban J connectivity index is 2.88. The zero-order chi connectivity index (χ0) is 13.0. The summed E-state index contributed by atoms with van der Waals surface area (Å²) in [6.07, 6.45) is -2.18. The maximum Gasteiger partial charge on any atom is 0.338 e. The SMILES string of the molecule is CCOC(=O)C(O)C(O)c1cnc(N)nc1Cl. The second-order valence-electron chi connectivity index (χ2n) is 3.12. The molecule has 0 spiro atoms. The molecular formula is C9H12ClN3O4. The van der Waals surface area contributed by atoms with Crippen molar-refractivity contribution in [2.45, 2.75) is 19.1 Å². The van der Waals surface area contributed by atoms with E-state index in [1.807, 2.05) is 0 Å². The van der Waals surface area contributed by atoms with E-state index in [0.29, 0.717) is 0 Å². The van der Waals surface area contributed by atoms with Gasteiger partial charge in [0.05, 0.1) is 6.61 Å². The summed E-state index contributed by atoms with van der Waals surface area (Å²) in [4.78, 5) is 18.4. The lowest BCUT2D eigenvalue weighted by Gasteiger charge is -2.16. The number of nitrogens with two attached hydrogens (primary N) is 1. The number of nitrogen functional groups attached to an aromatic ring is 1. The molecule has 2 unspecified atom stereocenters. The van der Waals surface area contributed by atoms with Crippen molar-refractivity contribution >= 4 is 23.5 Å². The third-order valence-corrected chi connectivity index (χ3v) is 2.24. The van der Waals surface area contributed by atoms with Crippen LogP contribution >= 0.6 is 11.6 Å². The van der Waals surface area contributed by atoms with Gasteiger partial charge in [0.15, 0.2) is 6.10 Å². The van der Waals surface area contributed by atoms with Crippen LogP contribution in [0.3, 0.4) is 0 Å². The van der Waals surface area contributed by atoms with Crippen LogP contribution in [0.2, 0.25) is 5.15 Å². The van der Waals surface area contributed by atoms with E-state index in [0.717, 1.165) is 6.20 Å². The number of carbonyl (C=O) groups excluding carboxylic acids is 1. The predicted octanol–water partition coefficient (Wildman–Crippen LogP) is -0.330. The number of ether oxygens (including phenoxy) is 1. The van der Waals surface area contributed by atoms with Gasteiger partial charge in [-0.15, -0.1) is 0 Å². The third-order valence-electron chi connectivity index (χ3n) is 1.93. The number of rotatable bonds is 4. The van der Waals surface area contributed by atoms with Crippen LogP contribution in [-0.2, 0) is 9.53 Å². The topological polar surface area (TPSA) is 119 Å². The number of esters is 1. The molecule has 0 fully saturated rings. The van der Waals surface area contributed by atoms with Gasteiger partial charge in [-0.25, -0.2) is 14.8 Å². The molecule has 8 heteroatoms. The highest BCUT2D eigenvalue weighted by Crippen LogP contribution is 2.23. The minimum absolute atomic E-state index is 0.00131. The Morgan fingerprint density at radius 2 is 2.29 bits per heavy atom. The molecule has 0 bridgehead atoms. The number of carbonyl (C=O) groups is 1. The molecule has 4 N–H and O–H groups in total. The second kappa shape index (κ2) is 5.76. The number of aromatic nitrogens is 2. The van der Waals surface area contributed by atoms with Gasteiger partial charge in [0.2, 0.25) is 5.95 Å². The zero-order valence-corrected chi connectivity index (χ0v) is 9.76. The van der Waals surface area contributed by atoms with Gasteiger partial charge >= 0.3 is 5.97 Å². The fraction of sp³-hybridized carbons (Fsp3) is 0.444. The lowest BCUT2D eigenvalue weighted by atomic mass is 10.1. The largest absolute Gasteiger partial charge is 0.464 e. The number of aliphatic hydroxyl groups excluding tert-OH is 2. The second-order valence-corrected chi connectivity index (χ2v) is 3.47. The standard InChI is InChI=1S/C9H12ClN3O4/c1-2-17-8(16)6(15)5(14)4-3-12-9(11)13-7(4)10/h3,5-6,14-15H,2H2,1H3,(H2,11,12,13). The van der Waals surface area contributed by atoms with Gasteiger partial charge < -0.3 is 20.7 Å². The zero-order valence-electron chi connectivity index (χ0n) is 9.00. The molecule has 1 aromatic rings. The Morgan fingerprint density at radius 3 is 2.82 bits per heavy atom. The first kappa shape index (κ1) is 13.6. The van der Waals surface area contributed by atoms with Crippen molar-refractivity contribution < 1.29 is 19.7 Å². The monoisotopic (exact) mass is 261 g/mol. The number of nitrogens with zero attached hydrogens (tertiary/aromatic N) is 2. The fourth-order valence-corrected chi connectivity index (χ4v) is 1.36. The van der Waals surface area contributed by atoms with Gasteiger partial charge in [-0.2, -0.15) is 0 Å². The van der Waals surface area contributed by atoms with E-state index in [1.54, 1.807) is 6.92 Å². The molecule has 1 heterocycles. The number of aliphatic hydroxyl groups is 2. The van der Waals surface area contributed by atoms with Crippen molar-refractivity contribution in [1.82, 2.24) is 9.97 Å². The van der Waals surface area contributed by atoms with Gasteiger partial charge in [0, 0.05) is 11.8 Å². The number of halogens is 1. The average molecular weight is 262 g/mol. The average Bonchev–Trinajstić information content (AvgIpc) is 2.27. The summed E-state index contributed by atoms with van der Waals surface area (Å²) in [6, 6.07) is 0. The Kier molecular flexibility index (Phi) is 4.62. The van der Waals surface area contributed by atoms with Crippen LogP contribution in [0.5, 0.6) is 0 Å². The maximum atomic E-state index is 11.2. The molecule has 1 rings (SSSR count). The van der Waals surface area contributed by atoms with Gasteiger partial charge in [-0.3, -0.25) is 0 Å². The summed E-state index contributed by atoms with van der Waals surface area (Å²) in [7, 11) is 0. The lowest BCUT2D eigenvalue weighted by Crippen LogP contribution is -2.30. The Hall–Kier alpha value is -1.44. The molecule has 0 radical (unpaired) electrons. The molecule has 0 saturated carbocycles. The summed E-state index contributed by atoms with van der Waals surface area (Å²) in [6.45, 7) is 1.67. The highest BCUT2D eigenvalue weighted by molar-refractivity contribution is 6.30. The van der Waals surface area contributed by atoms with Gasteiger partial charge in [0.25, 0.3) is 0 Å². The van der Waals surface area contributed by atoms with Crippen molar-refractivity contribution in [2.75, 3.05) is 12.3 Å². The molecule has 2 atom stereocenters. The lowest BCUT2D eigenvalue weighted by molar-refractivity contribution is -0.159. The van der Waals surface area contributed by atoms with E-state index in [9.17, 15) is 15.0 Å². The van der Waals surface area contributed by atoms with Crippen molar-refractivity contribution in [3.63, 3.8) is 0 Å². The van der Waals surface area contributed by atoms with E-state index >= 15 is 0 Å². The van der Waals surface area contributed by atoms with Crippen molar-refractivity contribution in [1.29, 1.82) is 0 Å². The Morgan fingerprint density at radius 1 is 1.65 bits per heavy atom. The van der Waals surface area contributed by atoms with Gasteiger partial charge in [0.1, 0.15) is 11.3 Å². The molecule has 94 valence electrons. The molecule has 0 aliphatic heterocycles. The summed E-state index contributed by atoms with van der Waals surface area (Å²) in [5.41, 5.74) is 5.27. The molecule has 0 amide bonds. The predicted molar refractivity (Wildman–Crippen MR) is 59.1 cm³/mol. The summed E-state index contributed by atoms with van der Waals surface area (Å²) in [5, 5.41) is 19.1. The first-order valence-corrected chi connectivity index (χ1v) is 5.15.